The predicted molar refractivity (Wildman–Crippen MR) is 94.0 cm³/mol. The fraction of sp³-hybridized carbons (Fsp3) is 0.222. The van der Waals surface area contributed by atoms with Crippen molar-refractivity contribution < 1.29 is 0 Å². The lowest BCUT2D eigenvalue weighted by molar-refractivity contribution is 0.571. The highest BCUT2D eigenvalue weighted by atomic mass is 15.3. The molecule has 0 atom stereocenters. The van der Waals surface area contributed by atoms with Crippen LogP contribution in [-0.4, -0.2) is 14.8 Å². The summed E-state index contributed by atoms with van der Waals surface area (Å²) in [6.07, 6.45) is 1.65. The zero-order valence-electron chi connectivity index (χ0n) is 13.5. The summed E-state index contributed by atoms with van der Waals surface area (Å²) >= 11 is 0. The maximum Gasteiger partial charge on any atom is 0.153 e. The first-order chi connectivity index (χ1) is 10.9. The van der Waals surface area contributed by atoms with Crippen LogP contribution in [0.5, 0.6) is 0 Å². The molecule has 0 saturated heterocycles. The third-order valence-electron chi connectivity index (χ3n) is 3.36. The largest absolute Gasteiger partial charge is 0.383 e. The van der Waals surface area contributed by atoms with E-state index in [1.54, 1.807) is 10.9 Å². The molecule has 5 nitrogen and oxygen atoms in total. The number of fused-ring (bicyclic) bond motifs is 1. The summed E-state index contributed by atoms with van der Waals surface area (Å²) in [5, 5.41) is 5.35. The van der Waals surface area contributed by atoms with E-state index in [-0.39, 0.29) is 5.41 Å². The summed E-state index contributed by atoms with van der Waals surface area (Å²) in [6.45, 7) is 6.15. The van der Waals surface area contributed by atoms with E-state index in [9.17, 15) is 0 Å². The Bertz CT molecular complexity index is 935. The van der Waals surface area contributed by atoms with Gasteiger partial charge in [0.15, 0.2) is 5.82 Å². The van der Waals surface area contributed by atoms with Crippen LogP contribution in [0, 0.1) is 17.3 Å². The van der Waals surface area contributed by atoms with Gasteiger partial charge in [-0.2, -0.15) is 0 Å². The third-order valence-corrected chi connectivity index (χ3v) is 3.36. The Labute approximate surface area is 135 Å². The van der Waals surface area contributed by atoms with Crippen molar-refractivity contribution in [3.8, 4) is 17.5 Å². The first-order valence-corrected chi connectivity index (χ1v) is 7.38. The standard InChI is InChI=1S/C18H19N5/c1-18(2,3)10-8-13-15(9-11-21-16(13)19)23-14-7-5-4-6-12(14)17(20)22-23/h4-7,9,11H,1-3H3,(H2,19,21)(H2,20,22). The second kappa shape index (κ2) is 5.33. The molecule has 0 unspecified atom stereocenters. The topological polar surface area (TPSA) is 82.8 Å². The van der Waals surface area contributed by atoms with Gasteiger partial charge in [0.05, 0.1) is 16.8 Å². The maximum atomic E-state index is 6.05. The van der Waals surface area contributed by atoms with Crippen molar-refractivity contribution in [2.45, 2.75) is 20.8 Å². The Kier molecular flexibility index (Phi) is 3.45. The molecule has 0 aliphatic heterocycles. The molecule has 1 aromatic carbocycles. The fourth-order valence-corrected chi connectivity index (χ4v) is 2.30. The van der Waals surface area contributed by atoms with E-state index in [0.717, 1.165) is 16.6 Å². The van der Waals surface area contributed by atoms with Gasteiger partial charge in [-0.05, 0) is 39.0 Å². The summed E-state index contributed by atoms with van der Waals surface area (Å²) in [6, 6.07) is 9.65. The summed E-state index contributed by atoms with van der Waals surface area (Å²) in [5.41, 5.74) is 14.3. The number of benzene rings is 1. The van der Waals surface area contributed by atoms with Crippen molar-refractivity contribution in [1.29, 1.82) is 0 Å². The zero-order valence-corrected chi connectivity index (χ0v) is 13.5. The van der Waals surface area contributed by atoms with Crippen molar-refractivity contribution in [2.75, 3.05) is 11.5 Å². The molecule has 4 N–H and O–H groups in total. The van der Waals surface area contributed by atoms with Crippen LogP contribution in [0.15, 0.2) is 36.5 Å². The van der Waals surface area contributed by atoms with Gasteiger partial charge in [-0.3, -0.25) is 0 Å². The average molecular weight is 305 g/mol. The third kappa shape index (κ3) is 2.84. The minimum atomic E-state index is -0.134. The number of pyridine rings is 1. The maximum absolute atomic E-state index is 6.05. The number of hydrogen-bond acceptors (Lipinski definition) is 4. The fourth-order valence-electron chi connectivity index (χ4n) is 2.30. The number of rotatable bonds is 1. The molecular weight excluding hydrogens is 286 g/mol. The van der Waals surface area contributed by atoms with Gasteiger partial charge in [0, 0.05) is 17.0 Å². The van der Waals surface area contributed by atoms with E-state index in [1.807, 2.05) is 51.1 Å². The van der Waals surface area contributed by atoms with Crippen LogP contribution in [0.3, 0.4) is 0 Å². The van der Waals surface area contributed by atoms with Crippen LogP contribution in [0.4, 0.5) is 11.6 Å². The molecule has 2 aromatic heterocycles. The van der Waals surface area contributed by atoms with E-state index in [2.05, 4.69) is 21.9 Å². The van der Waals surface area contributed by atoms with Crippen molar-refractivity contribution in [2.24, 2.45) is 5.41 Å². The Morgan fingerprint density at radius 1 is 1.04 bits per heavy atom. The Hall–Kier alpha value is -3.00. The van der Waals surface area contributed by atoms with Crippen LogP contribution in [0.1, 0.15) is 26.3 Å². The van der Waals surface area contributed by atoms with Crippen LogP contribution >= 0.6 is 0 Å². The highest BCUT2D eigenvalue weighted by Gasteiger charge is 2.14. The van der Waals surface area contributed by atoms with Crippen molar-refractivity contribution in [3.63, 3.8) is 0 Å². The van der Waals surface area contributed by atoms with Crippen LogP contribution in [-0.2, 0) is 0 Å². The monoisotopic (exact) mass is 305 g/mol. The van der Waals surface area contributed by atoms with Gasteiger partial charge in [0.25, 0.3) is 0 Å². The number of para-hydroxylation sites is 1. The highest BCUT2D eigenvalue weighted by molar-refractivity contribution is 5.90. The summed E-state index contributed by atoms with van der Waals surface area (Å²) in [7, 11) is 0. The SMILES string of the molecule is CC(C)(C)C#Cc1c(-n2nc(N)c3ccccc32)ccnc1N. The summed E-state index contributed by atoms with van der Waals surface area (Å²) in [4.78, 5) is 4.16. The lowest BCUT2D eigenvalue weighted by Crippen LogP contribution is -2.06. The lowest BCUT2D eigenvalue weighted by Gasteiger charge is -2.10. The molecule has 0 aliphatic rings. The highest BCUT2D eigenvalue weighted by Crippen LogP contribution is 2.26. The molecule has 0 spiro atoms. The molecule has 0 amide bonds. The molecule has 0 fully saturated rings. The lowest BCUT2D eigenvalue weighted by atomic mass is 9.97. The first kappa shape index (κ1) is 14.9. The van der Waals surface area contributed by atoms with Crippen molar-refractivity contribution in [1.82, 2.24) is 14.8 Å². The van der Waals surface area contributed by atoms with Crippen molar-refractivity contribution >= 4 is 22.5 Å². The number of aromatic nitrogens is 3. The van der Waals surface area contributed by atoms with Crippen LogP contribution < -0.4 is 11.5 Å². The molecule has 3 aromatic rings. The summed E-state index contributed by atoms with van der Waals surface area (Å²) < 4.78 is 1.77. The van der Waals surface area contributed by atoms with Gasteiger partial charge in [-0.1, -0.05) is 24.0 Å². The number of hydrogen-bond donors (Lipinski definition) is 2. The van der Waals surface area contributed by atoms with Crippen LogP contribution in [0.2, 0.25) is 0 Å². The number of nitrogen functional groups attached to an aromatic ring is 2. The van der Waals surface area contributed by atoms with Gasteiger partial charge in [-0.15, -0.1) is 5.10 Å². The molecular formula is C18H19N5. The van der Waals surface area contributed by atoms with E-state index < -0.39 is 0 Å². The van der Waals surface area contributed by atoms with Gasteiger partial charge in [0.1, 0.15) is 5.82 Å². The second-order valence-corrected chi connectivity index (χ2v) is 6.40. The molecule has 0 aliphatic carbocycles. The number of nitrogens with two attached hydrogens (primary N) is 2. The molecule has 0 radical (unpaired) electrons. The molecule has 2 heterocycles. The van der Waals surface area contributed by atoms with Gasteiger partial charge in [-0.25, -0.2) is 9.67 Å². The molecule has 0 saturated carbocycles. The molecule has 0 bridgehead atoms. The Balaban J connectivity index is 2.27. The van der Waals surface area contributed by atoms with E-state index in [4.69, 9.17) is 11.5 Å². The first-order valence-electron chi connectivity index (χ1n) is 7.38. The van der Waals surface area contributed by atoms with Gasteiger partial charge in [0.2, 0.25) is 0 Å². The minimum absolute atomic E-state index is 0.134. The van der Waals surface area contributed by atoms with Gasteiger partial charge < -0.3 is 11.5 Å². The molecule has 3 rings (SSSR count). The summed E-state index contributed by atoms with van der Waals surface area (Å²) in [5.74, 6) is 7.22. The molecule has 116 valence electrons. The van der Waals surface area contributed by atoms with E-state index >= 15 is 0 Å². The number of anilines is 2. The second-order valence-electron chi connectivity index (χ2n) is 6.40. The zero-order chi connectivity index (χ0) is 16.6. The smallest absolute Gasteiger partial charge is 0.153 e. The van der Waals surface area contributed by atoms with Crippen molar-refractivity contribution in [3.05, 3.63) is 42.1 Å². The normalized spacial score (nSPS) is 11.3. The number of nitrogens with zero attached hydrogens (tertiary/aromatic N) is 3. The molecule has 23 heavy (non-hydrogen) atoms. The Morgan fingerprint density at radius 2 is 1.78 bits per heavy atom. The van der Waals surface area contributed by atoms with Gasteiger partial charge >= 0.3 is 0 Å². The average Bonchev–Trinajstić information content (AvgIpc) is 2.82. The molecule has 5 heteroatoms. The minimum Gasteiger partial charge on any atom is -0.383 e. The van der Waals surface area contributed by atoms with E-state index in [1.165, 1.54) is 0 Å². The van der Waals surface area contributed by atoms with E-state index in [0.29, 0.717) is 17.2 Å². The predicted octanol–water partition coefficient (Wildman–Crippen LogP) is 2.98. The van der Waals surface area contributed by atoms with Crippen LogP contribution in [0.25, 0.3) is 16.6 Å². The quantitative estimate of drug-likeness (QED) is 0.677. The Morgan fingerprint density at radius 3 is 2.52 bits per heavy atom.